The van der Waals surface area contributed by atoms with Crippen LogP contribution in [0.3, 0.4) is 0 Å². The van der Waals surface area contributed by atoms with E-state index in [9.17, 15) is 0 Å². The summed E-state index contributed by atoms with van der Waals surface area (Å²) in [5.74, 6) is 0.964. The molecule has 1 fully saturated rings. The Kier molecular flexibility index (Phi) is 4.24. The van der Waals surface area contributed by atoms with Crippen LogP contribution >= 0.6 is 0 Å². The number of hydrogen-bond acceptors (Lipinski definition) is 4. The highest BCUT2D eigenvalue weighted by molar-refractivity contribution is 5.39. The van der Waals surface area contributed by atoms with Crippen molar-refractivity contribution in [2.75, 3.05) is 33.4 Å². The number of rotatable bonds is 3. The molecule has 2 atom stereocenters. The van der Waals surface area contributed by atoms with Gasteiger partial charge in [0.15, 0.2) is 0 Å². The molecule has 0 spiro atoms. The van der Waals surface area contributed by atoms with Crippen molar-refractivity contribution in [2.45, 2.75) is 31.4 Å². The Hall–Kier alpha value is -1.10. The molecule has 110 valence electrons. The Morgan fingerprint density at radius 3 is 3.15 bits per heavy atom. The van der Waals surface area contributed by atoms with Crippen LogP contribution in [0.4, 0.5) is 0 Å². The summed E-state index contributed by atoms with van der Waals surface area (Å²) in [6.07, 6.45) is 3.83. The zero-order valence-corrected chi connectivity index (χ0v) is 12.2. The van der Waals surface area contributed by atoms with E-state index in [-0.39, 0.29) is 6.10 Å². The number of nitrogens with zero attached hydrogens (tertiary/aromatic N) is 1. The number of methoxy groups -OCH3 is 1. The molecule has 20 heavy (non-hydrogen) atoms. The van der Waals surface area contributed by atoms with Gasteiger partial charge in [0.05, 0.1) is 19.8 Å². The topological polar surface area (TPSA) is 47.7 Å². The van der Waals surface area contributed by atoms with Crippen LogP contribution in [0.1, 0.15) is 30.0 Å². The Bertz CT molecular complexity index is 464. The van der Waals surface area contributed by atoms with Gasteiger partial charge in [-0.05, 0) is 42.5 Å². The molecule has 4 nitrogen and oxygen atoms in total. The molecule has 1 aliphatic heterocycles. The molecule has 4 heteroatoms. The van der Waals surface area contributed by atoms with Crippen molar-refractivity contribution in [1.29, 1.82) is 0 Å². The first-order valence-electron chi connectivity index (χ1n) is 7.54. The number of ether oxygens (including phenoxy) is 2. The van der Waals surface area contributed by atoms with Crippen molar-refractivity contribution in [2.24, 2.45) is 5.73 Å². The predicted molar refractivity (Wildman–Crippen MR) is 79.0 cm³/mol. The fraction of sp³-hybridized carbons (Fsp3) is 0.625. The van der Waals surface area contributed by atoms with Gasteiger partial charge in [-0.3, -0.25) is 4.90 Å². The zero-order chi connectivity index (χ0) is 13.9. The van der Waals surface area contributed by atoms with E-state index >= 15 is 0 Å². The average Bonchev–Trinajstić information content (AvgIpc) is 2.53. The Morgan fingerprint density at radius 2 is 2.35 bits per heavy atom. The fourth-order valence-electron chi connectivity index (χ4n) is 3.44. The summed E-state index contributed by atoms with van der Waals surface area (Å²) >= 11 is 0. The van der Waals surface area contributed by atoms with Gasteiger partial charge in [0.2, 0.25) is 0 Å². The van der Waals surface area contributed by atoms with E-state index in [4.69, 9.17) is 15.2 Å². The van der Waals surface area contributed by atoms with Crippen molar-refractivity contribution in [3.63, 3.8) is 0 Å². The lowest BCUT2D eigenvalue weighted by Crippen LogP contribution is -2.47. The first-order chi connectivity index (χ1) is 9.81. The lowest BCUT2D eigenvalue weighted by molar-refractivity contribution is -0.0414. The second-order valence-corrected chi connectivity index (χ2v) is 5.70. The highest BCUT2D eigenvalue weighted by Crippen LogP contribution is 2.36. The summed E-state index contributed by atoms with van der Waals surface area (Å²) in [7, 11) is 1.73. The average molecular weight is 276 g/mol. The molecule has 1 saturated heterocycles. The van der Waals surface area contributed by atoms with Crippen LogP contribution in [0.25, 0.3) is 0 Å². The van der Waals surface area contributed by atoms with E-state index in [0.29, 0.717) is 12.6 Å². The molecule has 1 heterocycles. The number of nitrogens with two attached hydrogens (primary N) is 1. The summed E-state index contributed by atoms with van der Waals surface area (Å²) in [6.45, 7) is 3.36. The van der Waals surface area contributed by atoms with Gasteiger partial charge in [-0.15, -0.1) is 0 Å². The van der Waals surface area contributed by atoms with Crippen molar-refractivity contribution in [3.8, 4) is 5.75 Å². The van der Waals surface area contributed by atoms with Crippen molar-refractivity contribution < 1.29 is 9.47 Å². The van der Waals surface area contributed by atoms with E-state index in [2.05, 4.69) is 23.1 Å². The molecule has 0 amide bonds. The normalized spacial score (nSPS) is 27.1. The highest BCUT2D eigenvalue weighted by Gasteiger charge is 2.30. The number of benzene rings is 1. The number of morpholine rings is 1. The van der Waals surface area contributed by atoms with Crippen molar-refractivity contribution >= 4 is 0 Å². The Morgan fingerprint density at radius 1 is 1.45 bits per heavy atom. The summed E-state index contributed by atoms with van der Waals surface area (Å²) in [5, 5.41) is 0. The second-order valence-electron chi connectivity index (χ2n) is 5.70. The molecule has 1 aromatic rings. The lowest BCUT2D eigenvalue weighted by atomic mass is 9.86. The van der Waals surface area contributed by atoms with Crippen molar-refractivity contribution in [3.05, 3.63) is 29.3 Å². The molecule has 1 aliphatic carbocycles. The minimum Gasteiger partial charge on any atom is -0.497 e. The largest absolute Gasteiger partial charge is 0.497 e. The minimum absolute atomic E-state index is 0.187. The van der Waals surface area contributed by atoms with Gasteiger partial charge < -0.3 is 15.2 Å². The Balaban J connectivity index is 1.82. The Labute approximate surface area is 120 Å². The third-order valence-corrected chi connectivity index (χ3v) is 4.51. The van der Waals surface area contributed by atoms with Gasteiger partial charge in [-0.2, -0.15) is 0 Å². The number of aryl methyl sites for hydroxylation is 1. The van der Waals surface area contributed by atoms with Gasteiger partial charge in [0, 0.05) is 25.7 Å². The molecule has 3 rings (SSSR count). The van der Waals surface area contributed by atoms with Gasteiger partial charge >= 0.3 is 0 Å². The van der Waals surface area contributed by atoms with Crippen LogP contribution in [0.15, 0.2) is 18.2 Å². The van der Waals surface area contributed by atoms with E-state index in [1.807, 2.05) is 0 Å². The van der Waals surface area contributed by atoms with Crippen molar-refractivity contribution in [1.82, 2.24) is 4.90 Å². The van der Waals surface area contributed by atoms with Crippen LogP contribution in [0, 0.1) is 0 Å². The van der Waals surface area contributed by atoms with E-state index in [1.165, 1.54) is 24.0 Å². The number of fused-ring (bicyclic) bond motifs is 1. The summed E-state index contributed by atoms with van der Waals surface area (Å²) in [4.78, 5) is 2.55. The zero-order valence-electron chi connectivity index (χ0n) is 12.2. The molecule has 0 aromatic heterocycles. The van der Waals surface area contributed by atoms with Crippen LogP contribution < -0.4 is 10.5 Å². The third-order valence-electron chi connectivity index (χ3n) is 4.51. The monoisotopic (exact) mass is 276 g/mol. The van der Waals surface area contributed by atoms with E-state index in [0.717, 1.165) is 31.9 Å². The van der Waals surface area contributed by atoms with Crippen LogP contribution in [0.5, 0.6) is 5.75 Å². The molecule has 2 aliphatic rings. The van der Waals surface area contributed by atoms with Gasteiger partial charge in [0.1, 0.15) is 5.75 Å². The second kappa shape index (κ2) is 6.12. The molecule has 2 unspecified atom stereocenters. The summed E-state index contributed by atoms with van der Waals surface area (Å²) < 4.78 is 11.0. The standard InChI is InChI=1S/C16H24N2O2/c1-19-13-5-6-15-12(9-13)3-2-4-16(15)18-7-8-20-14(10-17)11-18/h5-6,9,14,16H,2-4,7-8,10-11,17H2,1H3. The quantitative estimate of drug-likeness (QED) is 0.913. The maximum absolute atomic E-state index is 5.76. The molecular weight excluding hydrogens is 252 g/mol. The SMILES string of the molecule is COc1ccc2c(c1)CCCC2N1CCOC(CN)C1. The maximum atomic E-state index is 5.76. The number of hydrogen-bond donors (Lipinski definition) is 1. The highest BCUT2D eigenvalue weighted by atomic mass is 16.5. The predicted octanol–water partition coefficient (Wildman–Crippen LogP) is 1.73. The van der Waals surface area contributed by atoms with Crippen LogP contribution in [-0.4, -0.2) is 44.4 Å². The first kappa shape index (κ1) is 13.9. The summed E-state index contributed by atoms with van der Waals surface area (Å²) in [6, 6.07) is 7.04. The molecule has 0 saturated carbocycles. The molecule has 2 N–H and O–H groups in total. The van der Waals surface area contributed by atoms with Gasteiger partial charge in [-0.1, -0.05) is 6.07 Å². The smallest absolute Gasteiger partial charge is 0.119 e. The maximum Gasteiger partial charge on any atom is 0.119 e. The van der Waals surface area contributed by atoms with Gasteiger partial charge in [0.25, 0.3) is 0 Å². The molecule has 1 aromatic carbocycles. The van der Waals surface area contributed by atoms with Gasteiger partial charge in [-0.25, -0.2) is 0 Å². The lowest BCUT2D eigenvalue weighted by Gasteiger charge is -2.40. The third kappa shape index (κ3) is 2.68. The van der Waals surface area contributed by atoms with E-state index < -0.39 is 0 Å². The van der Waals surface area contributed by atoms with E-state index in [1.54, 1.807) is 7.11 Å². The molecule has 0 radical (unpaired) electrons. The minimum atomic E-state index is 0.187. The molecule has 0 bridgehead atoms. The summed E-state index contributed by atoms with van der Waals surface area (Å²) in [5.41, 5.74) is 8.67. The van der Waals surface area contributed by atoms with Crippen LogP contribution in [0.2, 0.25) is 0 Å². The molecular formula is C16H24N2O2. The van der Waals surface area contributed by atoms with Crippen LogP contribution in [-0.2, 0) is 11.2 Å². The fourth-order valence-corrected chi connectivity index (χ4v) is 3.44. The first-order valence-corrected chi connectivity index (χ1v) is 7.54.